The number of carbonyl (C=O) groups is 3. The number of carbonyl (C=O) groups excluding carboxylic acids is 3. The Hall–Kier alpha value is -3.71. The fraction of sp³-hybridized carbons (Fsp3) is 0.387. The Morgan fingerprint density at radius 3 is 2.24 bits per heavy atom. The van der Waals surface area contributed by atoms with Gasteiger partial charge in [-0.3, -0.25) is 14.4 Å². The zero-order valence-corrected chi connectivity index (χ0v) is 22.2. The van der Waals surface area contributed by atoms with E-state index in [9.17, 15) is 14.4 Å². The number of aliphatic hydroxyl groups is 1. The van der Waals surface area contributed by atoms with Gasteiger partial charge >= 0.3 is 5.97 Å². The molecule has 3 N–H and O–H groups in total. The first-order chi connectivity index (χ1) is 18.4. The molecule has 0 saturated carbocycles. The molecule has 0 aromatic heterocycles. The van der Waals surface area contributed by atoms with Crippen LogP contribution in [-0.2, 0) is 25.5 Å². The van der Waals surface area contributed by atoms with Crippen LogP contribution in [-0.4, -0.2) is 42.1 Å². The molecule has 0 unspecified atom stereocenters. The molecule has 2 aromatic carbocycles. The van der Waals surface area contributed by atoms with Gasteiger partial charge in [0.25, 0.3) is 0 Å². The standard InChI is InChI=1S/C31H40N2O5/c1-4-6-16-27(19-24-14-9-7-10-15-24)31(37)38-28(25-17-11-8-12-18-25)21-32-30(36)26(13-5-2)20-29(35)33-23(3)22-34/h4-5,7-12,14-15,17-18,23,26-28,34H,1-2,6,13,16,19-22H2,3H3,(H,32,36)(H,33,35)/t23-,26+,27-,28-/m1/s1. The summed E-state index contributed by atoms with van der Waals surface area (Å²) in [5.74, 6) is -1.99. The summed E-state index contributed by atoms with van der Waals surface area (Å²) >= 11 is 0. The number of benzene rings is 2. The van der Waals surface area contributed by atoms with Crippen LogP contribution < -0.4 is 10.6 Å². The normalized spacial score (nSPS) is 13.8. The summed E-state index contributed by atoms with van der Waals surface area (Å²) in [4.78, 5) is 38.7. The smallest absolute Gasteiger partial charge is 0.309 e. The predicted molar refractivity (Wildman–Crippen MR) is 149 cm³/mol. The number of amides is 2. The summed E-state index contributed by atoms with van der Waals surface area (Å²) in [5.41, 5.74) is 1.81. The molecule has 7 heteroatoms. The number of esters is 1. The van der Waals surface area contributed by atoms with Crippen LogP contribution in [0.4, 0.5) is 0 Å². The number of hydrogen-bond donors (Lipinski definition) is 3. The number of ether oxygens (including phenoxy) is 1. The lowest BCUT2D eigenvalue weighted by atomic mass is 9.94. The Balaban J connectivity index is 2.12. The third kappa shape index (κ3) is 10.7. The highest BCUT2D eigenvalue weighted by Gasteiger charge is 2.27. The molecule has 2 aromatic rings. The van der Waals surface area contributed by atoms with Gasteiger partial charge in [0.2, 0.25) is 11.8 Å². The molecule has 2 amide bonds. The first-order valence-electron chi connectivity index (χ1n) is 13.1. The molecule has 38 heavy (non-hydrogen) atoms. The minimum Gasteiger partial charge on any atom is -0.455 e. The van der Waals surface area contributed by atoms with Crippen LogP contribution in [0.25, 0.3) is 0 Å². The van der Waals surface area contributed by atoms with E-state index in [2.05, 4.69) is 23.8 Å². The van der Waals surface area contributed by atoms with Gasteiger partial charge in [0, 0.05) is 12.5 Å². The van der Waals surface area contributed by atoms with Gasteiger partial charge in [0.1, 0.15) is 6.10 Å². The number of aliphatic hydroxyl groups excluding tert-OH is 1. The molecule has 204 valence electrons. The second-order valence-electron chi connectivity index (χ2n) is 9.41. The first-order valence-corrected chi connectivity index (χ1v) is 13.1. The van der Waals surface area contributed by atoms with E-state index in [1.165, 1.54) is 0 Å². The van der Waals surface area contributed by atoms with Crippen molar-refractivity contribution in [3.05, 3.63) is 97.1 Å². The van der Waals surface area contributed by atoms with Gasteiger partial charge in [-0.05, 0) is 43.7 Å². The van der Waals surface area contributed by atoms with E-state index in [1.807, 2.05) is 60.7 Å². The van der Waals surface area contributed by atoms with E-state index in [0.717, 1.165) is 11.1 Å². The van der Waals surface area contributed by atoms with Crippen LogP contribution in [0.2, 0.25) is 0 Å². The van der Waals surface area contributed by atoms with Crippen molar-refractivity contribution < 1.29 is 24.2 Å². The van der Waals surface area contributed by atoms with Crippen LogP contribution in [0.1, 0.15) is 49.8 Å². The summed E-state index contributed by atoms with van der Waals surface area (Å²) in [7, 11) is 0. The zero-order valence-electron chi connectivity index (χ0n) is 22.2. The third-order valence-electron chi connectivity index (χ3n) is 6.20. The summed E-state index contributed by atoms with van der Waals surface area (Å²) in [6.45, 7) is 9.04. The number of nitrogens with one attached hydrogen (secondary N) is 2. The maximum absolute atomic E-state index is 13.3. The minimum absolute atomic E-state index is 0.0430. The molecule has 4 atom stereocenters. The van der Waals surface area contributed by atoms with Gasteiger partial charge in [0.05, 0.1) is 25.0 Å². The number of hydrogen-bond acceptors (Lipinski definition) is 5. The highest BCUT2D eigenvalue weighted by atomic mass is 16.5. The van der Waals surface area contributed by atoms with Gasteiger partial charge in [0.15, 0.2) is 0 Å². The summed E-state index contributed by atoms with van der Waals surface area (Å²) in [6, 6.07) is 18.7. The highest BCUT2D eigenvalue weighted by molar-refractivity contribution is 5.86. The average Bonchev–Trinajstić information content (AvgIpc) is 2.93. The largest absolute Gasteiger partial charge is 0.455 e. The molecule has 0 aliphatic carbocycles. The predicted octanol–water partition coefficient (Wildman–Crippen LogP) is 4.29. The van der Waals surface area contributed by atoms with Crippen molar-refractivity contribution in [3.63, 3.8) is 0 Å². The topological polar surface area (TPSA) is 105 Å². The van der Waals surface area contributed by atoms with Crippen molar-refractivity contribution in [2.45, 2.75) is 51.2 Å². The van der Waals surface area contributed by atoms with Crippen LogP contribution >= 0.6 is 0 Å². The molecule has 0 fully saturated rings. The molecule has 0 spiro atoms. The number of rotatable bonds is 17. The Labute approximate surface area is 226 Å². The second kappa shape index (κ2) is 16.9. The quantitative estimate of drug-likeness (QED) is 0.213. The second-order valence-corrected chi connectivity index (χ2v) is 9.41. The summed E-state index contributed by atoms with van der Waals surface area (Å²) in [5, 5.41) is 14.7. The number of allylic oxidation sites excluding steroid dienone is 2. The third-order valence-corrected chi connectivity index (χ3v) is 6.20. The lowest BCUT2D eigenvalue weighted by molar-refractivity contribution is -0.155. The molecular formula is C31H40N2O5. The molecule has 0 radical (unpaired) electrons. The van der Waals surface area contributed by atoms with E-state index in [0.29, 0.717) is 25.7 Å². The van der Waals surface area contributed by atoms with Gasteiger partial charge in [-0.2, -0.15) is 0 Å². The monoisotopic (exact) mass is 520 g/mol. The van der Waals surface area contributed by atoms with E-state index >= 15 is 0 Å². The minimum atomic E-state index is -0.692. The van der Waals surface area contributed by atoms with E-state index in [4.69, 9.17) is 9.84 Å². The Morgan fingerprint density at radius 1 is 0.974 bits per heavy atom. The van der Waals surface area contributed by atoms with Crippen LogP contribution in [0.15, 0.2) is 86.0 Å². The fourth-order valence-corrected chi connectivity index (χ4v) is 4.08. The molecule has 0 bridgehead atoms. The van der Waals surface area contributed by atoms with E-state index in [-0.39, 0.29) is 43.3 Å². The highest BCUT2D eigenvalue weighted by Crippen LogP contribution is 2.23. The van der Waals surface area contributed by atoms with Crippen LogP contribution in [0, 0.1) is 11.8 Å². The Kier molecular flexibility index (Phi) is 13.6. The van der Waals surface area contributed by atoms with Crippen LogP contribution in [0.3, 0.4) is 0 Å². The summed E-state index contributed by atoms with van der Waals surface area (Å²) < 4.78 is 5.99. The van der Waals surface area contributed by atoms with Gasteiger partial charge < -0.3 is 20.5 Å². The van der Waals surface area contributed by atoms with Crippen molar-refractivity contribution in [2.24, 2.45) is 11.8 Å². The lowest BCUT2D eigenvalue weighted by Gasteiger charge is -2.24. The molecule has 0 aliphatic rings. The maximum Gasteiger partial charge on any atom is 0.309 e. The molecule has 0 aliphatic heterocycles. The molecule has 2 rings (SSSR count). The van der Waals surface area contributed by atoms with Crippen molar-refractivity contribution >= 4 is 17.8 Å². The molecule has 0 heterocycles. The molecule has 0 saturated heterocycles. The van der Waals surface area contributed by atoms with Crippen molar-refractivity contribution in [2.75, 3.05) is 13.2 Å². The van der Waals surface area contributed by atoms with Gasteiger partial charge in [-0.1, -0.05) is 72.8 Å². The average molecular weight is 521 g/mol. The molecule has 7 nitrogen and oxygen atoms in total. The zero-order chi connectivity index (χ0) is 27.8. The maximum atomic E-state index is 13.3. The van der Waals surface area contributed by atoms with Crippen molar-refractivity contribution in [1.82, 2.24) is 10.6 Å². The van der Waals surface area contributed by atoms with Gasteiger partial charge in [-0.25, -0.2) is 0 Å². The van der Waals surface area contributed by atoms with Gasteiger partial charge in [-0.15, -0.1) is 13.2 Å². The fourth-order valence-electron chi connectivity index (χ4n) is 4.08. The summed E-state index contributed by atoms with van der Waals surface area (Å²) in [6.07, 6.45) is 4.79. The SMILES string of the molecule is C=CCC[C@H](Cc1ccccc1)C(=O)O[C@H](CNC(=O)[C@@H](CC=C)CC(=O)N[C@H](C)CO)c1ccccc1. The van der Waals surface area contributed by atoms with E-state index in [1.54, 1.807) is 19.1 Å². The Morgan fingerprint density at radius 2 is 1.63 bits per heavy atom. The van der Waals surface area contributed by atoms with E-state index < -0.39 is 18.1 Å². The van der Waals surface area contributed by atoms with Crippen LogP contribution in [0.5, 0.6) is 0 Å². The van der Waals surface area contributed by atoms with Crippen molar-refractivity contribution in [1.29, 1.82) is 0 Å². The first kappa shape index (κ1) is 30.5. The van der Waals surface area contributed by atoms with Crippen molar-refractivity contribution in [3.8, 4) is 0 Å². The Bertz CT molecular complexity index is 1030. The molecular weight excluding hydrogens is 480 g/mol. The lowest BCUT2D eigenvalue weighted by Crippen LogP contribution is -2.40.